The number of hydrogen-bond donors (Lipinski definition) is 9. The number of amides is 6. The molecule has 31 heteroatoms. The van der Waals surface area contributed by atoms with Crippen molar-refractivity contribution in [3.63, 3.8) is 0 Å². The number of alkyl carbamates (subject to hydrolysis) is 1. The van der Waals surface area contributed by atoms with E-state index in [0.29, 0.717) is 43.6 Å². The number of carbonyl (C=O) groups is 9. The van der Waals surface area contributed by atoms with Crippen molar-refractivity contribution in [2.45, 2.75) is 176 Å². The van der Waals surface area contributed by atoms with Gasteiger partial charge in [-0.1, -0.05) is 106 Å². The molecule has 0 spiro atoms. The maximum absolute atomic E-state index is 13.3. The fourth-order valence-electron chi connectivity index (χ4n) is 9.19. The van der Waals surface area contributed by atoms with Crippen molar-refractivity contribution in [1.29, 1.82) is 0 Å². The zero-order valence-electron chi connectivity index (χ0n) is 57.2. The lowest BCUT2D eigenvalue weighted by atomic mass is 9.90. The van der Waals surface area contributed by atoms with Crippen LogP contribution >= 0.6 is 69.6 Å². The van der Waals surface area contributed by atoms with Gasteiger partial charge in [0.05, 0.1) is 34.4 Å². The average molecular weight is 1510 g/mol. The Hall–Kier alpha value is -7.53. The van der Waals surface area contributed by atoms with Gasteiger partial charge >= 0.3 is 24.0 Å². The summed E-state index contributed by atoms with van der Waals surface area (Å²) >= 11 is 33.6. The summed E-state index contributed by atoms with van der Waals surface area (Å²) in [5.41, 5.74) is 5.72. The number of nitrogens with zero attached hydrogens (tertiary/aromatic N) is 4. The summed E-state index contributed by atoms with van der Waals surface area (Å²) in [7, 11) is 0. The van der Waals surface area contributed by atoms with Crippen LogP contribution in [0.15, 0.2) is 73.1 Å². The number of aromatic nitrogens is 2. The average Bonchev–Trinajstić information content (AvgIpc) is 0.827. The van der Waals surface area contributed by atoms with Crippen LogP contribution < -0.4 is 32.1 Å². The maximum atomic E-state index is 13.3. The maximum Gasteiger partial charge on any atom is 0.408 e. The summed E-state index contributed by atoms with van der Waals surface area (Å²) < 4.78 is 11.6. The van der Waals surface area contributed by atoms with Crippen LogP contribution in [0.1, 0.15) is 149 Å². The highest BCUT2D eigenvalue weighted by Crippen LogP contribution is 2.29. The third-order valence-corrected chi connectivity index (χ3v) is 15.6. The van der Waals surface area contributed by atoms with Crippen LogP contribution in [0.4, 0.5) is 4.79 Å². The number of carboxylic acid groups (broad SMARTS) is 1. The van der Waals surface area contributed by atoms with E-state index in [-0.39, 0.29) is 19.4 Å². The summed E-state index contributed by atoms with van der Waals surface area (Å²) in [6, 6.07) is 9.17. The molecule has 100 heavy (non-hydrogen) atoms. The molecule has 25 nitrogen and oxygen atoms in total. The van der Waals surface area contributed by atoms with Gasteiger partial charge in [-0.05, 0) is 160 Å². The van der Waals surface area contributed by atoms with Crippen LogP contribution in [0.5, 0.6) is 0 Å². The number of aliphatic hydroxyl groups is 2. The van der Waals surface area contributed by atoms with Crippen LogP contribution in [0.2, 0.25) is 0 Å². The second-order valence-electron chi connectivity index (χ2n) is 25.8. The number of hydrazine groups is 2. The van der Waals surface area contributed by atoms with Gasteiger partial charge in [-0.2, -0.15) is 0 Å². The lowest BCUT2D eigenvalue weighted by molar-refractivity contribution is -0.154. The van der Waals surface area contributed by atoms with Gasteiger partial charge in [0.15, 0.2) is 0 Å². The monoisotopic (exact) mass is 1500 g/mol. The van der Waals surface area contributed by atoms with Crippen LogP contribution in [-0.4, -0.2) is 165 Å². The van der Waals surface area contributed by atoms with Crippen LogP contribution in [0.25, 0.3) is 33.7 Å². The molecule has 2 aliphatic heterocycles. The Labute approximate surface area is 611 Å². The van der Waals surface area contributed by atoms with E-state index < -0.39 is 139 Å². The lowest BCUT2D eigenvalue weighted by Crippen LogP contribution is -2.60. The molecule has 6 rings (SSSR count). The van der Waals surface area contributed by atoms with Gasteiger partial charge in [-0.25, -0.2) is 15.6 Å². The Balaban J connectivity index is 0.000000342. The number of pyridine rings is 2. The molecule has 4 heterocycles. The van der Waals surface area contributed by atoms with Crippen molar-refractivity contribution < 1.29 is 72.7 Å². The molecule has 0 unspecified atom stereocenters. The summed E-state index contributed by atoms with van der Waals surface area (Å²) in [6.07, 6.45) is 20.6. The van der Waals surface area contributed by atoms with E-state index in [0.717, 1.165) is 32.7 Å². The number of aliphatic carboxylic acids is 1. The van der Waals surface area contributed by atoms with Crippen molar-refractivity contribution in [2.75, 3.05) is 26.3 Å². The minimum absolute atomic E-state index is 0.106. The number of hydrogen-bond acceptors (Lipinski definition) is 18. The molecule has 4 aromatic rings. The third kappa shape index (κ3) is 28.5. The standard InChI is InChI=1S/C32H38Cl3N5O6.C20H29Cl3N4O6.C17H19NO3/c1-6-8-25(27(42)37-19(2)28(43)40-14-7-9-26(39-40)29(44)46-18-32(33,34)35)38-30(45)31(4,5)13-12-24-16-23-15-21(20(3)41)10-11-22(23)17-36-24;1-6-8-13(25-18(31)33-19(3,4)5)15(28)24-12(2)16(29)27-10-7-9-14(26-27)17(30)32-11-20(21,22)23;1-11(19)12-4-5-13-10-18-15(9-14(13)8-12)6-7-17(2,3)16(20)21/h1,10-13,15-17,19-20,25-26,39,41H,7-9,14,18H2,2-5H3,(H,37,42)(H,38,45);1,12-14,26H,7-11H2,2-5H3,(H,24,28)(H,25,31);4-11,19H,1-3H3,(H,20,21)/b13-12+;;7-6+/t19-,20+,25-,26-;12-,13-,14-;11-/m001/s1. The number of fused-ring (bicyclic) bond motifs is 2. The molecule has 544 valence electrons. The zero-order valence-corrected chi connectivity index (χ0v) is 61.8. The Morgan fingerprint density at radius 1 is 0.600 bits per heavy atom. The number of halogens is 6. The first-order valence-electron chi connectivity index (χ1n) is 31.6. The highest BCUT2D eigenvalue weighted by atomic mass is 35.6. The molecule has 2 saturated heterocycles. The van der Waals surface area contributed by atoms with Crippen molar-refractivity contribution >= 4 is 157 Å². The summed E-state index contributed by atoms with van der Waals surface area (Å²) in [6.45, 7) is 17.7. The predicted molar refractivity (Wildman–Crippen MR) is 383 cm³/mol. The van der Waals surface area contributed by atoms with E-state index in [1.807, 2.05) is 48.5 Å². The molecule has 0 bridgehead atoms. The fraction of sp³-hybridized carbons (Fsp3) is 0.493. The molecule has 2 fully saturated rings. The number of rotatable bonds is 22. The second kappa shape index (κ2) is 37.9. The molecule has 2 aromatic heterocycles. The predicted octanol–water partition coefficient (Wildman–Crippen LogP) is 8.98. The molecule has 6 amide bonds. The highest BCUT2D eigenvalue weighted by molar-refractivity contribution is 6.68. The number of carbonyl (C=O) groups excluding carboxylic acids is 8. The van der Waals surface area contributed by atoms with Crippen molar-refractivity contribution in [3.8, 4) is 24.7 Å². The number of ether oxygens (including phenoxy) is 3. The molecule has 2 aliphatic rings. The van der Waals surface area contributed by atoms with E-state index in [1.165, 1.54) is 23.9 Å². The lowest BCUT2D eigenvalue weighted by Gasteiger charge is -2.34. The molecule has 9 N–H and O–H groups in total. The Morgan fingerprint density at radius 2 is 0.990 bits per heavy atom. The highest BCUT2D eigenvalue weighted by Gasteiger charge is 2.37. The van der Waals surface area contributed by atoms with Gasteiger partial charge in [0.25, 0.3) is 11.8 Å². The van der Waals surface area contributed by atoms with E-state index in [9.17, 15) is 53.4 Å². The molecule has 0 radical (unpaired) electrons. The smallest absolute Gasteiger partial charge is 0.408 e. The number of carboxylic acids is 1. The van der Waals surface area contributed by atoms with Gasteiger partial charge in [-0.15, -0.1) is 24.7 Å². The SMILES string of the molecule is C#CC[C@H](NC(=O)C(C)(C)/C=C/c1cc2cc([C@@H](C)O)ccc2cn1)C(=O)N[C@@H](C)C(=O)N1CCC[C@@H](C(=O)OCC(Cl)(Cl)Cl)N1.C#CC[C@H](NC(=O)OC(C)(C)C)C(=O)N[C@@H](C)C(=O)N1CCC[C@@H](C(=O)OCC(Cl)(Cl)Cl)N1.C[C@@H](O)c1ccc2cnc(/C=C/C(C)(C)C(=O)O)cc2c1. The summed E-state index contributed by atoms with van der Waals surface area (Å²) in [5.74, 6) is -0.324. The normalized spacial score (nSPS) is 17.0. The van der Waals surface area contributed by atoms with E-state index >= 15 is 0 Å². The minimum atomic E-state index is -1.77. The van der Waals surface area contributed by atoms with E-state index in [1.54, 1.807) is 99.0 Å². The van der Waals surface area contributed by atoms with E-state index in [2.05, 4.69) is 53.9 Å². The first-order chi connectivity index (χ1) is 46.4. The van der Waals surface area contributed by atoms with Gasteiger partial charge in [0.2, 0.25) is 25.3 Å². The molecule has 0 saturated carbocycles. The van der Waals surface area contributed by atoms with Gasteiger partial charge in [0, 0.05) is 49.1 Å². The molecule has 2 aromatic carbocycles. The minimum Gasteiger partial charge on any atom is -0.481 e. The van der Waals surface area contributed by atoms with Crippen molar-refractivity contribution in [1.82, 2.24) is 52.1 Å². The number of aliphatic hydroxyl groups excluding tert-OH is 2. The Kier molecular flexibility index (Phi) is 32.2. The molecule has 0 aliphatic carbocycles. The zero-order chi connectivity index (χ0) is 75.3. The molecular weight excluding hydrogens is 1420 g/mol. The summed E-state index contributed by atoms with van der Waals surface area (Å²) in [4.78, 5) is 121. The largest absolute Gasteiger partial charge is 0.481 e. The number of nitrogens with one attached hydrogen (secondary N) is 6. The van der Waals surface area contributed by atoms with Crippen molar-refractivity contribution in [2.24, 2.45) is 10.8 Å². The molecule has 8 atom stereocenters. The second-order valence-corrected chi connectivity index (χ2v) is 30.8. The van der Waals surface area contributed by atoms with Gasteiger partial charge in [0.1, 0.15) is 55.1 Å². The number of terminal acetylenes is 2. The Morgan fingerprint density at radius 3 is 1.35 bits per heavy atom. The quantitative estimate of drug-likeness (QED) is 0.0153. The number of benzene rings is 2. The van der Waals surface area contributed by atoms with Crippen LogP contribution in [0.3, 0.4) is 0 Å². The van der Waals surface area contributed by atoms with E-state index in [4.69, 9.17) is 102 Å². The van der Waals surface area contributed by atoms with Crippen LogP contribution in [0, 0.1) is 35.5 Å². The molecular formula is C69H86Cl6N10O15. The first-order valence-corrected chi connectivity index (χ1v) is 33.9. The third-order valence-electron chi connectivity index (χ3n) is 14.9. The fourth-order valence-corrected chi connectivity index (χ4v) is 9.52. The topological polar surface area (TPSA) is 346 Å². The van der Waals surface area contributed by atoms with Gasteiger partial charge in [-0.3, -0.25) is 58.3 Å². The number of alkyl halides is 6. The van der Waals surface area contributed by atoms with Crippen LogP contribution in [-0.2, 0) is 52.6 Å². The van der Waals surface area contributed by atoms with Crippen molar-refractivity contribution in [3.05, 3.63) is 95.6 Å². The number of esters is 2. The first kappa shape index (κ1) is 84.9. The summed E-state index contributed by atoms with van der Waals surface area (Å²) in [5, 5.41) is 45.0. The van der Waals surface area contributed by atoms with Gasteiger partial charge < -0.3 is 50.8 Å². The Bertz CT molecular complexity index is 3730.